The monoisotopic (exact) mass is 332 g/mol. The van der Waals surface area contributed by atoms with Crippen LogP contribution in [0.5, 0.6) is 0 Å². The van der Waals surface area contributed by atoms with Gasteiger partial charge < -0.3 is 5.32 Å². The SMILES string of the molecule is C=CCNC(=O)[C@@H](C)Sc1n[nH]c(=O)n1CCc1ccccc1. The van der Waals surface area contributed by atoms with Gasteiger partial charge in [-0.25, -0.2) is 9.89 Å². The highest BCUT2D eigenvalue weighted by Crippen LogP contribution is 2.20. The largest absolute Gasteiger partial charge is 0.352 e. The van der Waals surface area contributed by atoms with Crippen LogP contribution in [0, 0.1) is 0 Å². The third-order valence-corrected chi connectivity index (χ3v) is 4.35. The molecule has 0 spiro atoms. The summed E-state index contributed by atoms with van der Waals surface area (Å²) in [6.45, 7) is 6.28. The van der Waals surface area contributed by atoms with Crippen molar-refractivity contribution in [3.63, 3.8) is 0 Å². The van der Waals surface area contributed by atoms with E-state index in [4.69, 9.17) is 0 Å². The van der Waals surface area contributed by atoms with Gasteiger partial charge in [0.1, 0.15) is 0 Å². The summed E-state index contributed by atoms with van der Waals surface area (Å²) in [6.07, 6.45) is 2.35. The molecule has 0 saturated heterocycles. The van der Waals surface area contributed by atoms with Gasteiger partial charge in [-0.05, 0) is 18.9 Å². The summed E-state index contributed by atoms with van der Waals surface area (Å²) in [6, 6.07) is 9.93. The third-order valence-electron chi connectivity index (χ3n) is 3.26. The van der Waals surface area contributed by atoms with Crippen LogP contribution in [0.15, 0.2) is 52.9 Å². The number of nitrogens with zero attached hydrogens (tertiary/aromatic N) is 2. The van der Waals surface area contributed by atoms with Gasteiger partial charge in [0, 0.05) is 13.1 Å². The molecule has 0 unspecified atom stereocenters. The zero-order valence-electron chi connectivity index (χ0n) is 13.0. The predicted molar refractivity (Wildman–Crippen MR) is 91.5 cm³/mol. The number of aromatic amines is 1. The van der Waals surface area contributed by atoms with E-state index in [2.05, 4.69) is 22.1 Å². The Hall–Kier alpha value is -2.28. The molecule has 0 bridgehead atoms. The van der Waals surface area contributed by atoms with E-state index >= 15 is 0 Å². The summed E-state index contributed by atoms with van der Waals surface area (Å²) < 4.78 is 1.56. The lowest BCUT2D eigenvalue weighted by molar-refractivity contribution is -0.120. The Morgan fingerprint density at radius 2 is 2.22 bits per heavy atom. The van der Waals surface area contributed by atoms with Crippen LogP contribution in [0.4, 0.5) is 0 Å². The number of nitrogens with one attached hydrogen (secondary N) is 2. The maximum Gasteiger partial charge on any atom is 0.343 e. The van der Waals surface area contributed by atoms with Crippen molar-refractivity contribution in [3.05, 3.63) is 59.0 Å². The maximum absolute atomic E-state index is 11.9. The minimum absolute atomic E-state index is 0.111. The Morgan fingerprint density at radius 3 is 2.91 bits per heavy atom. The van der Waals surface area contributed by atoms with Gasteiger partial charge in [0.15, 0.2) is 5.16 Å². The summed E-state index contributed by atoms with van der Waals surface area (Å²) in [7, 11) is 0. The summed E-state index contributed by atoms with van der Waals surface area (Å²) >= 11 is 1.26. The van der Waals surface area contributed by atoms with Crippen molar-refractivity contribution in [1.82, 2.24) is 20.1 Å². The van der Waals surface area contributed by atoms with E-state index in [9.17, 15) is 9.59 Å². The second-order valence-corrected chi connectivity index (χ2v) is 6.30. The van der Waals surface area contributed by atoms with Crippen molar-refractivity contribution < 1.29 is 4.79 Å². The molecule has 1 aromatic carbocycles. The van der Waals surface area contributed by atoms with Crippen LogP contribution in [0.1, 0.15) is 12.5 Å². The third kappa shape index (κ3) is 4.85. The number of H-pyrrole nitrogens is 1. The summed E-state index contributed by atoms with van der Waals surface area (Å²) in [5.41, 5.74) is 0.885. The van der Waals surface area contributed by atoms with Crippen molar-refractivity contribution in [1.29, 1.82) is 0 Å². The predicted octanol–water partition coefficient (Wildman–Crippen LogP) is 1.60. The van der Waals surface area contributed by atoms with Crippen LogP contribution in [0.3, 0.4) is 0 Å². The number of carbonyl (C=O) groups is 1. The molecule has 7 heteroatoms. The molecule has 1 aromatic heterocycles. The van der Waals surface area contributed by atoms with Gasteiger partial charge in [0.05, 0.1) is 5.25 Å². The molecule has 0 radical (unpaired) electrons. The first kappa shape index (κ1) is 17.1. The smallest absolute Gasteiger partial charge is 0.343 e. The highest BCUT2D eigenvalue weighted by atomic mass is 32.2. The number of thioether (sulfide) groups is 1. The lowest BCUT2D eigenvalue weighted by Gasteiger charge is -2.11. The standard InChI is InChI=1S/C16H20N4O2S/c1-3-10-17-14(21)12(2)23-16-19-18-15(22)20(16)11-9-13-7-5-4-6-8-13/h3-8,12H,1,9-11H2,2H3,(H,17,21)(H,18,22)/t12-/m1/s1. The first-order valence-corrected chi connectivity index (χ1v) is 8.24. The van der Waals surface area contributed by atoms with Crippen molar-refractivity contribution >= 4 is 17.7 Å². The van der Waals surface area contributed by atoms with Gasteiger partial charge in [-0.15, -0.1) is 11.7 Å². The molecule has 1 amide bonds. The van der Waals surface area contributed by atoms with Crippen LogP contribution < -0.4 is 11.0 Å². The van der Waals surface area contributed by atoms with Crippen LogP contribution in [-0.4, -0.2) is 32.5 Å². The van der Waals surface area contributed by atoms with Gasteiger partial charge in [-0.2, -0.15) is 0 Å². The molecular weight excluding hydrogens is 312 g/mol. The fraction of sp³-hybridized carbons (Fsp3) is 0.312. The molecule has 1 atom stereocenters. The minimum atomic E-state index is -0.347. The minimum Gasteiger partial charge on any atom is -0.352 e. The van der Waals surface area contributed by atoms with E-state index in [1.54, 1.807) is 17.6 Å². The van der Waals surface area contributed by atoms with Crippen molar-refractivity contribution in [2.75, 3.05) is 6.54 Å². The molecule has 0 saturated carbocycles. The number of benzene rings is 1. The topological polar surface area (TPSA) is 79.8 Å². The Kier molecular flexibility index (Phi) is 6.22. The Morgan fingerprint density at radius 1 is 1.48 bits per heavy atom. The Bertz CT molecular complexity index is 708. The van der Waals surface area contributed by atoms with Crippen LogP contribution in [0.25, 0.3) is 0 Å². The van der Waals surface area contributed by atoms with E-state index in [0.717, 1.165) is 12.0 Å². The molecule has 2 aromatic rings. The average Bonchev–Trinajstić information content (AvgIpc) is 2.91. The molecule has 122 valence electrons. The van der Waals surface area contributed by atoms with Gasteiger partial charge in [0.25, 0.3) is 0 Å². The van der Waals surface area contributed by atoms with Crippen molar-refractivity contribution in [3.8, 4) is 0 Å². The zero-order chi connectivity index (χ0) is 16.7. The average molecular weight is 332 g/mol. The highest BCUT2D eigenvalue weighted by Gasteiger charge is 2.18. The molecule has 2 N–H and O–H groups in total. The molecular formula is C16H20N4O2S. The number of aromatic nitrogens is 3. The van der Waals surface area contributed by atoms with E-state index in [1.807, 2.05) is 30.3 Å². The number of aryl methyl sites for hydroxylation is 1. The molecule has 2 rings (SSSR count). The first-order chi connectivity index (χ1) is 11.1. The van der Waals surface area contributed by atoms with Crippen LogP contribution in [-0.2, 0) is 17.8 Å². The second kappa shape index (κ2) is 8.38. The lowest BCUT2D eigenvalue weighted by atomic mass is 10.1. The van der Waals surface area contributed by atoms with E-state index in [0.29, 0.717) is 18.2 Å². The van der Waals surface area contributed by atoms with Gasteiger partial charge >= 0.3 is 5.69 Å². The summed E-state index contributed by atoms with van der Waals surface area (Å²) in [4.78, 5) is 23.8. The first-order valence-electron chi connectivity index (χ1n) is 7.36. The number of rotatable bonds is 8. The van der Waals surface area contributed by atoms with Gasteiger partial charge in [-0.1, -0.05) is 48.2 Å². The highest BCUT2D eigenvalue weighted by molar-refractivity contribution is 8.00. The molecule has 1 heterocycles. The molecule has 0 aliphatic rings. The second-order valence-electron chi connectivity index (χ2n) is 4.99. The van der Waals surface area contributed by atoms with Crippen molar-refractivity contribution in [2.45, 2.75) is 30.3 Å². The summed E-state index contributed by atoms with van der Waals surface area (Å²) in [5.74, 6) is -0.111. The Balaban J connectivity index is 2.02. The van der Waals surface area contributed by atoms with E-state index in [1.165, 1.54) is 11.8 Å². The van der Waals surface area contributed by atoms with E-state index in [-0.39, 0.29) is 16.8 Å². The number of carbonyl (C=O) groups excluding carboxylic acids is 1. The summed E-state index contributed by atoms with van der Waals surface area (Å²) in [5, 5.41) is 9.38. The molecule has 6 nitrogen and oxygen atoms in total. The Labute approximate surface area is 139 Å². The molecule has 0 fully saturated rings. The quantitative estimate of drug-likeness (QED) is 0.568. The van der Waals surface area contributed by atoms with Crippen LogP contribution >= 0.6 is 11.8 Å². The van der Waals surface area contributed by atoms with Crippen LogP contribution in [0.2, 0.25) is 0 Å². The number of amides is 1. The van der Waals surface area contributed by atoms with E-state index < -0.39 is 0 Å². The molecule has 0 aliphatic heterocycles. The van der Waals surface area contributed by atoms with Crippen molar-refractivity contribution in [2.24, 2.45) is 0 Å². The number of hydrogen-bond acceptors (Lipinski definition) is 4. The van der Waals surface area contributed by atoms with Gasteiger partial charge in [0.2, 0.25) is 5.91 Å². The zero-order valence-corrected chi connectivity index (χ0v) is 13.8. The maximum atomic E-state index is 11.9. The molecule has 23 heavy (non-hydrogen) atoms. The fourth-order valence-corrected chi connectivity index (χ4v) is 2.91. The van der Waals surface area contributed by atoms with Gasteiger partial charge in [-0.3, -0.25) is 9.36 Å². The molecule has 0 aliphatic carbocycles. The normalized spacial score (nSPS) is 11.9. The lowest BCUT2D eigenvalue weighted by Crippen LogP contribution is -2.31. The number of hydrogen-bond donors (Lipinski definition) is 2. The fourth-order valence-electron chi connectivity index (χ4n) is 2.00.